The van der Waals surface area contributed by atoms with Gasteiger partial charge in [-0.05, 0) is 25.2 Å². The Bertz CT molecular complexity index is 279. The molecule has 1 heterocycles. The van der Waals surface area contributed by atoms with Gasteiger partial charge in [0.2, 0.25) is 0 Å². The predicted octanol–water partition coefficient (Wildman–Crippen LogP) is 2.02. The Hall–Kier alpha value is -0.990. The van der Waals surface area contributed by atoms with Gasteiger partial charge in [0.25, 0.3) is 0 Å². The summed E-state index contributed by atoms with van der Waals surface area (Å²) in [6.45, 7) is 2.32. The van der Waals surface area contributed by atoms with E-state index in [2.05, 4.69) is 17.3 Å². The fourth-order valence-corrected chi connectivity index (χ4v) is 2.07. The van der Waals surface area contributed by atoms with Crippen molar-refractivity contribution in [2.75, 3.05) is 5.32 Å². The maximum Gasteiger partial charge on any atom is 0.0728 e. The zero-order chi connectivity index (χ0) is 9.26. The van der Waals surface area contributed by atoms with Gasteiger partial charge in [-0.1, -0.05) is 6.92 Å². The summed E-state index contributed by atoms with van der Waals surface area (Å²) in [4.78, 5) is 0. The van der Waals surface area contributed by atoms with Crippen molar-refractivity contribution in [1.82, 2.24) is 9.78 Å². The van der Waals surface area contributed by atoms with E-state index in [9.17, 15) is 0 Å². The Morgan fingerprint density at radius 1 is 1.54 bits per heavy atom. The summed E-state index contributed by atoms with van der Waals surface area (Å²) >= 11 is 0. The maximum atomic E-state index is 4.13. The zero-order valence-corrected chi connectivity index (χ0v) is 8.33. The fraction of sp³-hybridized carbons (Fsp3) is 0.700. The Labute approximate surface area is 79.1 Å². The van der Waals surface area contributed by atoms with Crippen LogP contribution in [-0.2, 0) is 7.05 Å². The quantitative estimate of drug-likeness (QED) is 0.752. The standard InChI is InChI=1S/C10H17N3/c1-8-3-4-9(5-8)12-10-6-11-13(2)7-10/h6-9,12H,3-5H2,1-2H3/t8-,9-/m1/s1. The predicted molar refractivity (Wildman–Crippen MR) is 53.6 cm³/mol. The van der Waals surface area contributed by atoms with Gasteiger partial charge in [-0.3, -0.25) is 4.68 Å². The van der Waals surface area contributed by atoms with Crippen molar-refractivity contribution in [1.29, 1.82) is 0 Å². The number of anilines is 1. The summed E-state index contributed by atoms with van der Waals surface area (Å²) in [6.07, 6.45) is 7.88. The van der Waals surface area contributed by atoms with Gasteiger partial charge < -0.3 is 5.32 Å². The van der Waals surface area contributed by atoms with Crippen LogP contribution in [0.3, 0.4) is 0 Å². The minimum atomic E-state index is 0.666. The molecule has 1 aliphatic carbocycles. The highest BCUT2D eigenvalue weighted by molar-refractivity contribution is 5.39. The van der Waals surface area contributed by atoms with Crippen LogP contribution in [-0.4, -0.2) is 15.8 Å². The highest BCUT2D eigenvalue weighted by Gasteiger charge is 2.20. The molecule has 0 bridgehead atoms. The molecule has 3 heteroatoms. The number of hydrogen-bond donors (Lipinski definition) is 1. The van der Waals surface area contributed by atoms with Gasteiger partial charge in [0, 0.05) is 19.3 Å². The highest BCUT2D eigenvalue weighted by Crippen LogP contribution is 2.27. The van der Waals surface area contributed by atoms with E-state index in [4.69, 9.17) is 0 Å². The number of aryl methyl sites for hydroxylation is 1. The molecule has 0 spiro atoms. The minimum Gasteiger partial charge on any atom is -0.380 e. The van der Waals surface area contributed by atoms with Gasteiger partial charge in [-0.25, -0.2) is 0 Å². The van der Waals surface area contributed by atoms with E-state index in [1.165, 1.54) is 19.3 Å². The summed E-state index contributed by atoms with van der Waals surface area (Å²) in [7, 11) is 1.95. The van der Waals surface area contributed by atoms with Crippen LogP contribution in [0.4, 0.5) is 5.69 Å². The van der Waals surface area contributed by atoms with Crippen LogP contribution in [0.1, 0.15) is 26.2 Å². The molecule has 72 valence electrons. The third-order valence-electron chi connectivity index (χ3n) is 2.77. The van der Waals surface area contributed by atoms with Crippen molar-refractivity contribution in [3.63, 3.8) is 0 Å². The molecule has 0 saturated heterocycles. The number of nitrogens with one attached hydrogen (secondary N) is 1. The van der Waals surface area contributed by atoms with Crippen molar-refractivity contribution in [2.24, 2.45) is 13.0 Å². The van der Waals surface area contributed by atoms with Crippen LogP contribution >= 0.6 is 0 Å². The molecular weight excluding hydrogens is 162 g/mol. The van der Waals surface area contributed by atoms with Gasteiger partial charge >= 0.3 is 0 Å². The maximum absolute atomic E-state index is 4.13. The summed E-state index contributed by atoms with van der Waals surface area (Å²) < 4.78 is 1.83. The van der Waals surface area contributed by atoms with Crippen LogP contribution in [0.25, 0.3) is 0 Å². The van der Waals surface area contributed by atoms with Crippen molar-refractivity contribution < 1.29 is 0 Å². The molecule has 1 aromatic heterocycles. The van der Waals surface area contributed by atoms with Crippen molar-refractivity contribution in [2.45, 2.75) is 32.2 Å². The number of hydrogen-bond acceptors (Lipinski definition) is 2. The summed E-state index contributed by atoms with van der Waals surface area (Å²) in [6, 6.07) is 0.666. The zero-order valence-electron chi connectivity index (χ0n) is 8.33. The number of aromatic nitrogens is 2. The summed E-state index contributed by atoms with van der Waals surface area (Å²) in [5, 5.41) is 7.64. The van der Waals surface area contributed by atoms with Gasteiger partial charge in [-0.2, -0.15) is 5.10 Å². The second kappa shape index (κ2) is 3.40. The molecule has 0 amide bonds. The molecule has 1 saturated carbocycles. The molecule has 13 heavy (non-hydrogen) atoms. The average molecular weight is 179 g/mol. The second-order valence-electron chi connectivity index (χ2n) is 4.16. The van der Waals surface area contributed by atoms with Crippen molar-refractivity contribution in [3.05, 3.63) is 12.4 Å². The molecule has 1 aliphatic rings. The lowest BCUT2D eigenvalue weighted by Crippen LogP contribution is -2.14. The normalized spacial score (nSPS) is 27.8. The van der Waals surface area contributed by atoms with E-state index in [-0.39, 0.29) is 0 Å². The van der Waals surface area contributed by atoms with Gasteiger partial charge in [-0.15, -0.1) is 0 Å². The molecule has 2 rings (SSSR count). The Balaban J connectivity index is 1.91. The first-order valence-corrected chi connectivity index (χ1v) is 4.99. The molecule has 0 radical (unpaired) electrons. The lowest BCUT2D eigenvalue weighted by Gasteiger charge is -2.11. The molecule has 0 unspecified atom stereocenters. The Morgan fingerprint density at radius 3 is 2.92 bits per heavy atom. The van der Waals surface area contributed by atoms with E-state index in [0.29, 0.717) is 6.04 Å². The van der Waals surface area contributed by atoms with Crippen LogP contribution < -0.4 is 5.32 Å². The first-order chi connectivity index (χ1) is 6.24. The molecule has 0 aliphatic heterocycles. The monoisotopic (exact) mass is 179 g/mol. The molecular formula is C10H17N3. The van der Waals surface area contributed by atoms with E-state index in [0.717, 1.165) is 11.6 Å². The lowest BCUT2D eigenvalue weighted by atomic mass is 10.1. The first-order valence-electron chi connectivity index (χ1n) is 4.99. The molecule has 2 atom stereocenters. The summed E-state index contributed by atoms with van der Waals surface area (Å²) in [5.74, 6) is 0.883. The van der Waals surface area contributed by atoms with E-state index >= 15 is 0 Å². The molecule has 1 N–H and O–H groups in total. The first kappa shape index (κ1) is 8.60. The van der Waals surface area contributed by atoms with Gasteiger partial charge in [0.15, 0.2) is 0 Å². The number of nitrogens with zero attached hydrogens (tertiary/aromatic N) is 2. The van der Waals surface area contributed by atoms with Gasteiger partial charge in [0.05, 0.1) is 11.9 Å². The third kappa shape index (κ3) is 2.02. The molecule has 1 fully saturated rings. The smallest absolute Gasteiger partial charge is 0.0728 e. The van der Waals surface area contributed by atoms with Gasteiger partial charge in [0.1, 0.15) is 0 Å². The Kier molecular flexibility index (Phi) is 2.25. The highest BCUT2D eigenvalue weighted by atomic mass is 15.3. The van der Waals surface area contributed by atoms with Crippen LogP contribution in [0, 0.1) is 5.92 Å². The fourth-order valence-electron chi connectivity index (χ4n) is 2.07. The van der Waals surface area contributed by atoms with Crippen molar-refractivity contribution in [3.8, 4) is 0 Å². The lowest BCUT2D eigenvalue weighted by molar-refractivity contribution is 0.602. The SMILES string of the molecule is C[C@@H]1CC[C@@H](Nc2cnn(C)c2)C1. The van der Waals surface area contributed by atoms with Crippen molar-refractivity contribution >= 4 is 5.69 Å². The average Bonchev–Trinajstić information content (AvgIpc) is 2.62. The largest absolute Gasteiger partial charge is 0.380 e. The second-order valence-corrected chi connectivity index (χ2v) is 4.16. The molecule has 1 aromatic rings. The Morgan fingerprint density at radius 2 is 2.38 bits per heavy atom. The van der Waals surface area contributed by atoms with Crippen LogP contribution in [0.5, 0.6) is 0 Å². The number of rotatable bonds is 2. The minimum absolute atomic E-state index is 0.666. The molecule has 0 aromatic carbocycles. The molecule has 3 nitrogen and oxygen atoms in total. The topological polar surface area (TPSA) is 29.9 Å². The van der Waals surface area contributed by atoms with Crippen LogP contribution in [0.15, 0.2) is 12.4 Å². The third-order valence-corrected chi connectivity index (χ3v) is 2.77. The summed E-state index contributed by atoms with van der Waals surface area (Å²) in [5.41, 5.74) is 1.15. The van der Waals surface area contributed by atoms with E-state index in [1.807, 2.05) is 24.1 Å². The van der Waals surface area contributed by atoms with Crippen LogP contribution in [0.2, 0.25) is 0 Å². The van der Waals surface area contributed by atoms with E-state index < -0.39 is 0 Å². The van der Waals surface area contributed by atoms with E-state index in [1.54, 1.807) is 0 Å².